The van der Waals surface area contributed by atoms with E-state index in [0.29, 0.717) is 11.4 Å². The smallest absolute Gasteiger partial charge is 0.264 e. The van der Waals surface area contributed by atoms with Crippen molar-refractivity contribution in [3.8, 4) is 11.5 Å². The zero-order valence-electron chi connectivity index (χ0n) is 28.1. The van der Waals surface area contributed by atoms with Crippen LogP contribution in [-0.4, -0.2) is 57.5 Å². The minimum absolute atomic E-state index is 0.0610. The van der Waals surface area contributed by atoms with Gasteiger partial charge in [-0.05, 0) is 75.2 Å². The summed E-state index contributed by atoms with van der Waals surface area (Å²) in [4.78, 5) is 30.1. The molecule has 1 atom stereocenters. The molecule has 11 heteroatoms. The maximum Gasteiger partial charge on any atom is 0.264 e. The maximum absolute atomic E-state index is 14.7. The number of hydrogen-bond donors (Lipinski definition) is 1. The van der Waals surface area contributed by atoms with Crippen molar-refractivity contribution in [2.75, 3.05) is 25.1 Å². The summed E-state index contributed by atoms with van der Waals surface area (Å²) in [7, 11) is -1.44. The summed E-state index contributed by atoms with van der Waals surface area (Å²) < 4.78 is 41.4. The first-order valence-corrected chi connectivity index (χ1v) is 17.7. The lowest BCUT2D eigenvalue weighted by atomic mass is 10.0. The first-order chi connectivity index (χ1) is 22.7. The molecule has 0 aliphatic rings. The van der Waals surface area contributed by atoms with Crippen molar-refractivity contribution in [3.05, 3.63) is 118 Å². The summed E-state index contributed by atoms with van der Waals surface area (Å²) in [5, 5.41) is 3.04. The molecule has 0 saturated carbocycles. The van der Waals surface area contributed by atoms with E-state index in [4.69, 9.17) is 9.47 Å². The molecule has 0 spiro atoms. The summed E-state index contributed by atoms with van der Waals surface area (Å²) in [5.74, 6) is -0.307. The van der Waals surface area contributed by atoms with E-state index < -0.39 is 34.1 Å². The fraction of sp³-hybridized carbons (Fsp3) is 0.297. The second kappa shape index (κ2) is 15.7. The number of nitrogens with one attached hydrogen (secondary N) is 1. The van der Waals surface area contributed by atoms with Gasteiger partial charge < -0.3 is 19.7 Å². The van der Waals surface area contributed by atoms with E-state index in [9.17, 15) is 18.0 Å². The fourth-order valence-corrected chi connectivity index (χ4v) is 7.06. The van der Waals surface area contributed by atoms with Crippen LogP contribution in [0.1, 0.15) is 37.5 Å². The van der Waals surface area contributed by atoms with Crippen LogP contribution in [0.4, 0.5) is 5.69 Å². The number of amides is 2. The van der Waals surface area contributed by atoms with Crippen LogP contribution in [0.5, 0.6) is 11.5 Å². The van der Waals surface area contributed by atoms with Crippen molar-refractivity contribution < 1.29 is 27.5 Å². The molecule has 0 aromatic heterocycles. The molecule has 0 radical (unpaired) electrons. The molecule has 0 aliphatic carbocycles. The Bertz CT molecular complexity index is 1830. The molecule has 4 aromatic rings. The number of carbonyl (C=O) groups excluding carboxylic acids is 2. The first kappa shape index (κ1) is 36.5. The average molecular weight is 737 g/mol. The zero-order valence-corrected chi connectivity index (χ0v) is 30.5. The molecule has 0 saturated heterocycles. The highest BCUT2D eigenvalue weighted by Crippen LogP contribution is 2.32. The van der Waals surface area contributed by atoms with Gasteiger partial charge in [-0.1, -0.05) is 76.1 Å². The second-order valence-corrected chi connectivity index (χ2v) is 15.2. The normalized spacial score (nSPS) is 12.1. The van der Waals surface area contributed by atoms with Crippen molar-refractivity contribution in [2.24, 2.45) is 0 Å². The van der Waals surface area contributed by atoms with Gasteiger partial charge in [-0.2, -0.15) is 0 Å². The molecule has 254 valence electrons. The third-order valence-corrected chi connectivity index (χ3v) is 9.82. The number of halogens is 1. The molecular weight excluding hydrogens is 694 g/mol. The van der Waals surface area contributed by atoms with Crippen LogP contribution in [0.25, 0.3) is 0 Å². The van der Waals surface area contributed by atoms with Crippen LogP contribution >= 0.6 is 15.9 Å². The summed E-state index contributed by atoms with van der Waals surface area (Å²) in [6.45, 7) is 7.01. The Hall–Kier alpha value is -4.35. The molecule has 1 N–H and O–H groups in total. The molecule has 2 amide bonds. The van der Waals surface area contributed by atoms with Crippen molar-refractivity contribution in [1.29, 1.82) is 0 Å². The van der Waals surface area contributed by atoms with Crippen LogP contribution in [0.2, 0.25) is 0 Å². The van der Waals surface area contributed by atoms with E-state index in [-0.39, 0.29) is 29.5 Å². The summed E-state index contributed by atoms with van der Waals surface area (Å²) >= 11 is 3.51. The van der Waals surface area contributed by atoms with Crippen LogP contribution in [0, 0.1) is 6.92 Å². The molecular formula is C37H42BrN3O6S. The van der Waals surface area contributed by atoms with Gasteiger partial charge in [-0.25, -0.2) is 8.42 Å². The van der Waals surface area contributed by atoms with E-state index in [1.165, 1.54) is 37.3 Å². The summed E-state index contributed by atoms with van der Waals surface area (Å²) in [6.07, 6.45) is 0.218. The van der Waals surface area contributed by atoms with Crippen molar-refractivity contribution in [2.45, 2.75) is 57.1 Å². The van der Waals surface area contributed by atoms with Gasteiger partial charge in [-0.3, -0.25) is 13.9 Å². The fourth-order valence-electron chi connectivity index (χ4n) is 5.18. The molecule has 4 rings (SSSR count). The molecule has 0 unspecified atom stereocenters. The minimum atomic E-state index is -4.32. The third-order valence-electron chi connectivity index (χ3n) is 7.56. The maximum atomic E-state index is 14.7. The molecule has 0 heterocycles. The van der Waals surface area contributed by atoms with Gasteiger partial charge in [0, 0.05) is 29.0 Å². The lowest BCUT2D eigenvalue weighted by Gasteiger charge is -2.35. The van der Waals surface area contributed by atoms with E-state index in [2.05, 4.69) is 21.2 Å². The van der Waals surface area contributed by atoms with E-state index in [1.54, 1.807) is 24.3 Å². The van der Waals surface area contributed by atoms with Crippen LogP contribution < -0.4 is 19.1 Å². The second-order valence-electron chi connectivity index (χ2n) is 12.5. The first-order valence-electron chi connectivity index (χ1n) is 15.4. The lowest BCUT2D eigenvalue weighted by Crippen LogP contribution is -2.56. The Morgan fingerprint density at radius 1 is 0.833 bits per heavy atom. The zero-order chi connectivity index (χ0) is 35.1. The van der Waals surface area contributed by atoms with Gasteiger partial charge >= 0.3 is 0 Å². The van der Waals surface area contributed by atoms with Crippen LogP contribution in [0.15, 0.2) is 106 Å². The lowest BCUT2D eigenvalue weighted by molar-refractivity contribution is -0.140. The third kappa shape index (κ3) is 9.38. The molecule has 4 aromatic carbocycles. The van der Waals surface area contributed by atoms with E-state index in [0.717, 1.165) is 25.5 Å². The van der Waals surface area contributed by atoms with Gasteiger partial charge in [0.2, 0.25) is 11.8 Å². The van der Waals surface area contributed by atoms with Gasteiger partial charge in [0.1, 0.15) is 12.6 Å². The monoisotopic (exact) mass is 735 g/mol. The van der Waals surface area contributed by atoms with Gasteiger partial charge in [0.05, 0.1) is 24.8 Å². The Morgan fingerprint density at radius 3 is 2.08 bits per heavy atom. The van der Waals surface area contributed by atoms with Gasteiger partial charge in [0.15, 0.2) is 11.5 Å². The Labute approximate surface area is 292 Å². The molecule has 0 bridgehead atoms. The van der Waals surface area contributed by atoms with E-state index in [1.807, 2.05) is 82.3 Å². The number of rotatable bonds is 13. The number of methoxy groups -OCH3 is 2. The van der Waals surface area contributed by atoms with Crippen LogP contribution in [0.3, 0.4) is 0 Å². The standard InChI is InChI=1S/C37H42BrN3O6S/c1-26-15-17-30(18-16-26)41(48(44,45)31-19-20-33(46-5)34(23-31)47-6)25-35(42)40(24-28-13-10-14-29(38)21-28)32(36(43)39-37(2,3)4)22-27-11-8-7-9-12-27/h7-21,23,32H,22,24-25H2,1-6H3,(H,39,43)/t32-/m1/s1. The molecule has 0 fully saturated rings. The van der Waals surface area contributed by atoms with Gasteiger partial charge in [0.25, 0.3) is 10.0 Å². The Morgan fingerprint density at radius 2 is 1.48 bits per heavy atom. The predicted octanol–water partition coefficient (Wildman–Crippen LogP) is 6.52. The number of ether oxygens (including phenoxy) is 2. The van der Waals surface area contributed by atoms with Gasteiger partial charge in [-0.15, -0.1) is 0 Å². The number of hydrogen-bond acceptors (Lipinski definition) is 6. The van der Waals surface area contributed by atoms with Crippen molar-refractivity contribution >= 4 is 43.5 Å². The number of sulfonamides is 1. The topological polar surface area (TPSA) is 105 Å². The molecule has 48 heavy (non-hydrogen) atoms. The Kier molecular flexibility index (Phi) is 11.9. The molecule has 9 nitrogen and oxygen atoms in total. The number of aryl methyl sites for hydroxylation is 1. The number of nitrogens with zero attached hydrogens (tertiary/aromatic N) is 2. The van der Waals surface area contributed by atoms with Crippen molar-refractivity contribution in [3.63, 3.8) is 0 Å². The highest BCUT2D eigenvalue weighted by Gasteiger charge is 2.36. The SMILES string of the molecule is COc1ccc(S(=O)(=O)N(CC(=O)N(Cc2cccc(Br)c2)[C@H](Cc2ccccc2)C(=O)NC(C)(C)C)c2ccc(C)cc2)cc1OC. The quantitative estimate of drug-likeness (QED) is 0.168. The highest BCUT2D eigenvalue weighted by atomic mass is 79.9. The highest BCUT2D eigenvalue weighted by molar-refractivity contribution is 9.10. The molecule has 0 aliphatic heterocycles. The average Bonchev–Trinajstić information content (AvgIpc) is 3.04. The number of anilines is 1. The number of carbonyl (C=O) groups is 2. The number of benzene rings is 4. The van der Waals surface area contributed by atoms with Crippen molar-refractivity contribution in [1.82, 2.24) is 10.2 Å². The van der Waals surface area contributed by atoms with E-state index >= 15 is 0 Å². The Balaban J connectivity index is 1.84. The van der Waals surface area contributed by atoms with Crippen LogP contribution in [-0.2, 0) is 32.6 Å². The predicted molar refractivity (Wildman–Crippen MR) is 192 cm³/mol. The summed E-state index contributed by atoms with van der Waals surface area (Å²) in [5.41, 5.74) is 2.26. The summed E-state index contributed by atoms with van der Waals surface area (Å²) in [6, 6.07) is 27.1. The minimum Gasteiger partial charge on any atom is -0.493 e. The largest absolute Gasteiger partial charge is 0.493 e.